The molecule has 1 atom stereocenters. The van der Waals surface area contributed by atoms with E-state index in [1.165, 1.54) is 11.1 Å². The Morgan fingerprint density at radius 2 is 1.42 bits per heavy atom. The highest BCUT2D eigenvalue weighted by Gasteiger charge is 2.30. The van der Waals surface area contributed by atoms with Gasteiger partial charge in [-0.2, -0.15) is 0 Å². The second-order valence-corrected chi connectivity index (χ2v) is 11.1. The van der Waals surface area contributed by atoms with Gasteiger partial charge in [0, 0.05) is 18.5 Å². The van der Waals surface area contributed by atoms with E-state index in [0.717, 1.165) is 11.1 Å². The number of amides is 2. The molecule has 4 heteroatoms. The molecule has 0 aliphatic heterocycles. The summed E-state index contributed by atoms with van der Waals surface area (Å²) in [4.78, 5) is 28.3. The molecule has 0 heterocycles. The van der Waals surface area contributed by atoms with Crippen LogP contribution in [0.25, 0.3) is 0 Å². The van der Waals surface area contributed by atoms with Crippen molar-refractivity contribution in [3.63, 3.8) is 0 Å². The molecular weight excluding hydrogens is 408 g/mol. The number of carbonyl (C=O) groups is 2. The first kappa shape index (κ1) is 26.6. The normalized spacial score (nSPS) is 12.8. The lowest BCUT2D eigenvalue weighted by molar-refractivity contribution is -0.142. The van der Waals surface area contributed by atoms with Gasteiger partial charge < -0.3 is 10.2 Å². The molecule has 2 aromatic rings. The smallest absolute Gasteiger partial charge is 0.243 e. The molecule has 0 saturated carbocycles. The van der Waals surface area contributed by atoms with Crippen LogP contribution < -0.4 is 5.32 Å². The van der Waals surface area contributed by atoms with Crippen molar-refractivity contribution in [3.05, 3.63) is 70.8 Å². The van der Waals surface area contributed by atoms with Crippen molar-refractivity contribution < 1.29 is 9.59 Å². The molecule has 0 bridgehead atoms. The zero-order valence-corrected chi connectivity index (χ0v) is 21.8. The Morgan fingerprint density at radius 1 is 0.879 bits per heavy atom. The lowest BCUT2D eigenvalue weighted by Gasteiger charge is -2.33. The molecule has 2 rings (SSSR count). The quantitative estimate of drug-likeness (QED) is 0.540. The van der Waals surface area contributed by atoms with E-state index in [4.69, 9.17) is 0 Å². The molecule has 0 saturated heterocycles. The SMILES string of the molecule is CC[C@@H](C(=O)NC(C)(C)C)N(Cc1ccc(C)cc1)C(=O)CCc1ccc(C(C)(C)C)cc1. The van der Waals surface area contributed by atoms with E-state index < -0.39 is 6.04 Å². The number of hydrogen-bond donors (Lipinski definition) is 1. The zero-order valence-electron chi connectivity index (χ0n) is 21.8. The van der Waals surface area contributed by atoms with Crippen LogP contribution >= 0.6 is 0 Å². The van der Waals surface area contributed by atoms with E-state index >= 15 is 0 Å². The molecular formula is C29H42N2O2. The number of carbonyl (C=O) groups excluding carboxylic acids is 2. The third-order valence-electron chi connectivity index (χ3n) is 5.81. The van der Waals surface area contributed by atoms with Gasteiger partial charge in [0.15, 0.2) is 0 Å². The van der Waals surface area contributed by atoms with Gasteiger partial charge >= 0.3 is 0 Å². The maximum absolute atomic E-state index is 13.4. The topological polar surface area (TPSA) is 49.4 Å². The highest BCUT2D eigenvalue weighted by atomic mass is 16.2. The molecule has 4 nitrogen and oxygen atoms in total. The zero-order chi connectivity index (χ0) is 24.8. The van der Waals surface area contributed by atoms with Crippen molar-refractivity contribution in [2.24, 2.45) is 0 Å². The van der Waals surface area contributed by atoms with Crippen molar-refractivity contribution in [1.29, 1.82) is 0 Å². The number of nitrogens with zero attached hydrogens (tertiary/aromatic N) is 1. The van der Waals surface area contributed by atoms with Crippen LogP contribution in [0.2, 0.25) is 0 Å². The Bertz CT molecular complexity index is 916. The summed E-state index contributed by atoms with van der Waals surface area (Å²) in [6, 6.07) is 16.2. The van der Waals surface area contributed by atoms with E-state index in [1.54, 1.807) is 4.90 Å². The first-order valence-electron chi connectivity index (χ1n) is 12.1. The highest BCUT2D eigenvalue weighted by molar-refractivity contribution is 5.88. The molecule has 2 aromatic carbocycles. The fraction of sp³-hybridized carbons (Fsp3) is 0.517. The van der Waals surface area contributed by atoms with Gasteiger partial charge in [0.1, 0.15) is 6.04 Å². The fourth-order valence-electron chi connectivity index (χ4n) is 3.83. The summed E-state index contributed by atoms with van der Waals surface area (Å²) in [5.74, 6) is -0.0913. The van der Waals surface area contributed by atoms with Crippen molar-refractivity contribution >= 4 is 11.8 Å². The van der Waals surface area contributed by atoms with Crippen LogP contribution in [0.3, 0.4) is 0 Å². The molecule has 0 unspecified atom stereocenters. The maximum atomic E-state index is 13.4. The first-order valence-corrected chi connectivity index (χ1v) is 12.1. The van der Waals surface area contributed by atoms with E-state index in [1.807, 2.05) is 58.9 Å². The van der Waals surface area contributed by atoms with Gasteiger partial charge in [-0.05, 0) is 62.6 Å². The minimum atomic E-state index is -0.499. The van der Waals surface area contributed by atoms with E-state index in [2.05, 4.69) is 50.4 Å². The largest absolute Gasteiger partial charge is 0.350 e. The Kier molecular flexibility index (Phi) is 8.88. The second-order valence-electron chi connectivity index (χ2n) is 11.1. The third kappa shape index (κ3) is 8.34. The van der Waals surface area contributed by atoms with E-state index in [0.29, 0.717) is 25.8 Å². The van der Waals surface area contributed by atoms with Gasteiger partial charge in [0.05, 0.1) is 0 Å². The molecule has 0 spiro atoms. The van der Waals surface area contributed by atoms with Crippen LogP contribution in [0, 0.1) is 6.92 Å². The summed E-state index contributed by atoms with van der Waals surface area (Å²) >= 11 is 0. The number of nitrogens with one attached hydrogen (secondary N) is 1. The average Bonchev–Trinajstić information content (AvgIpc) is 2.71. The minimum Gasteiger partial charge on any atom is -0.350 e. The van der Waals surface area contributed by atoms with Crippen molar-refractivity contribution in [2.45, 2.75) is 98.2 Å². The number of benzene rings is 2. The number of aryl methyl sites for hydroxylation is 2. The Balaban J connectivity index is 2.20. The van der Waals surface area contributed by atoms with Crippen LogP contribution in [0.4, 0.5) is 0 Å². The standard InChI is InChI=1S/C29H42N2O2/c1-9-25(27(33)30-29(6,7)8)31(20-23-12-10-21(2)11-13-23)26(32)19-16-22-14-17-24(18-15-22)28(3,4)5/h10-15,17-18,25H,9,16,19-20H2,1-8H3,(H,30,33)/t25-/m0/s1. The van der Waals surface area contributed by atoms with Gasteiger partial charge in [0.25, 0.3) is 0 Å². The second kappa shape index (κ2) is 11.0. The number of rotatable bonds is 8. The molecule has 0 aromatic heterocycles. The molecule has 0 fully saturated rings. The van der Waals surface area contributed by atoms with Gasteiger partial charge in [-0.3, -0.25) is 9.59 Å². The van der Waals surface area contributed by atoms with Gasteiger partial charge in [-0.1, -0.05) is 81.8 Å². The van der Waals surface area contributed by atoms with E-state index in [-0.39, 0.29) is 22.8 Å². The first-order chi connectivity index (χ1) is 15.3. The number of hydrogen-bond acceptors (Lipinski definition) is 2. The third-order valence-corrected chi connectivity index (χ3v) is 5.81. The monoisotopic (exact) mass is 450 g/mol. The lowest BCUT2D eigenvalue weighted by Crippen LogP contribution is -2.53. The summed E-state index contributed by atoms with van der Waals surface area (Å²) < 4.78 is 0. The Morgan fingerprint density at radius 3 is 1.91 bits per heavy atom. The van der Waals surface area contributed by atoms with Gasteiger partial charge in [0.2, 0.25) is 11.8 Å². The lowest BCUT2D eigenvalue weighted by atomic mass is 9.86. The predicted octanol–water partition coefficient (Wildman–Crippen LogP) is 5.95. The summed E-state index contributed by atoms with van der Waals surface area (Å²) in [6.45, 7) is 16.9. The fourth-order valence-corrected chi connectivity index (χ4v) is 3.83. The van der Waals surface area contributed by atoms with Gasteiger partial charge in [-0.25, -0.2) is 0 Å². The molecule has 0 aliphatic carbocycles. The van der Waals surface area contributed by atoms with Crippen LogP contribution in [-0.2, 0) is 28.0 Å². The van der Waals surface area contributed by atoms with Crippen LogP contribution in [-0.4, -0.2) is 28.3 Å². The highest BCUT2D eigenvalue weighted by Crippen LogP contribution is 2.23. The molecule has 0 radical (unpaired) electrons. The minimum absolute atomic E-state index is 0.00591. The molecule has 33 heavy (non-hydrogen) atoms. The van der Waals surface area contributed by atoms with E-state index in [9.17, 15) is 9.59 Å². The summed E-state index contributed by atoms with van der Waals surface area (Å²) in [6.07, 6.45) is 1.60. The van der Waals surface area contributed by atoms with Crippen molar-refractivity contribution in [3.8, 4) is 0 Å². The molecule has 180 valence electrons. The van der Waals surface area contributed by atoms with Gasteiger partial charge in [-0.15, -0.1) is 0 Å². The Labute approximate surface area is 200 Å². The van der Waals surface area contributed by atoms with Crippen LogP contribution in [0.15, 0.2) is 48.5 Å². The van der Waals surface area contributed by atoms with Crippen LogP contribution in [0.5, 0.6) is 0 Å². The maximum Gasteiger partial charge on any atom is 0.243 e. The summed E-state index contributed by atoms with van der Waals surface area (Å²) in [7, 11) is 0. The predicted molar refractivity (Wildman–Crippen MR) is 137 cm³/mol. The average molecular weight is 451 g/mol. The molecule has 2 amide bonds. The van der Waals surface area contributed by atoms with Crippen molar-refractivity contribution in [1.82, 2.24) is 10.2 Å². The summed E-state index contributed by atoms with van der Waals surface area (Å²) in [5, 5.41) is 3.06. The summed E-state index contributed by atoms with van der Waals surface area (Å²) in [5.41, 5.74) is 4.38. The Hall–Kier alpha value is -2.62. The molecule has 1 N–H and O–H groups in total. The van der Waals surface area contributed by atoms with Crippen LogP contribution in [0.1, 0.15) is 83.6 Å². The van der Waals surface area contributed by atoms with Crippen molar-refractivity contribution in [2.75, 3.05) is 0 Å². The molecule has 0 aliphatic rings.